The van der Waals surface area contributed by atoms with Crippen LogP contribution in [0.4, 0.5) is 5.69 Å². The van der Waals surface area contributed by atoms with Crippen LogP contribution >= 0.6 is 0 Å². The summed E-state index contributed by atoms with van der Waals surface area (Å²) < 4.78 is 1.42. The lowest BCUT2D eigenvalue weighted by Crippen LogP contribution is -2.26. The summed E-state index contributed by atoms with van der Waals surface area (Å²) in [7, 11) is 0. The lowest BCUT2D eigenvalue weighted by molar-refractivity contribution is 0.552. The van der Waals surface area contributed by atoms with Crippen molar-refractivity contribution in [3.8, 4) is 11.1 Å². The molecule has 6 nitrogen and oxygen atoms in total. The fourth-order valence-corrected chi connectivity index (χ4v) is 2.26. The van der Waals surface area contributed by atoms with Crippen molar-refractivity contribution in [1.82, 2.24) is 19.5 Å². The number of hydrogen-bond acceptors (Lipinski definition) is 4. The molecule has 0 unspecified atom stereocenters. The van der Waals surface area contributed by atoms with Gasteiger partial charge in [-0.3, -0.25) is 4.79 Å². The fraction of sp³-hybridized carbons (Fsp3) is 0.188. The van der Waals surface area contributed by atoms with Crippen LogP contribution in [-0.4, -0.2) is 25.6 Å². The standard InChI is InChI=1S/C16H17N5O/c1-12(2)19-14-7-5-13(6-8-14)15-4-3-9-20(16(15)22)21-11-17-10-18-21/h3-12,19H,1-2H3. The molecule has 0 fully saturated rings. The lowest BCUT2D eigenvalue weighted by atomic mass is 10.1. The van der Waals surface area contributed by atoms with Crippen LogP contribution < -0.4 is 10.9 Å². The Morgan fingerprint density at radius 3 is 2.55 bits per heavy atom. The Labute approximate surface area is 128 Å². The minimum Gasteiger partial charge on any atom is -0.383 e. The van der Waals surface area contributed by atoms with E-state index in [2.05, 4.69) is 29.2 Å². The quantitative estimate of drug-likeness (QED) is 0.801. The monoisotopic (exact) mass is 295 g/mol. The number of benzene rings is 1. The van der Waals surface area contributed by atoms with Gasteiger partial charge in [0.2, 0.25) is 0 Å². The molecule has 22 heavy (non-hydrogen) atoms. The van der Waals surface area contributed by atoms with E-state index in [9.17, 15) is 4.79 Å². The van der Waals surface area contributed by atoms with Crippen LogP contribution in [0.1, 0.15) is 13.8 Å². The van der Waals surface area contributed by atoms with Crippen LogP contribution in [0.25, 0.3) is 11.1 Å². The van der Waals surface area contributed by atoms with E-state index in [4.69, 9.17) is 0 Å². The summed E-state index contributed by atoms with van der Waals surface area (Å²) in [6, 6.07) is 11.8. The van der Waals surface area contributed by atoms with Gasteiger partial charge in [0.25, 0.3) is 5.56 Å². The van der Waals surface area contributed by atoms with Gasteiger partial charge in [-0.25, -0.2) is 9.66 Å². The zero-order chi connectivity index (χ0) is 15.5. The average molecular weight is 295 g/mol. The Balaban J connectivity index is 1.99. The highest BCUT2D eigenvalue weighted by Gasteiger charge is 2.07. The number of pyridine rings is 1. The minimum atomic E-state index is -0.141. The molecule has 0 bridgehead atoms. The van der Waals surface area contributed by atoms with E-state index in [1.807, 2.05) is 30.3 Å². The van der Waals surface area contributed by atoms with Gasteiger partial charge in [-0.15, -0.1) is 5.10 Å². The van der Waals surface area contributed by atoms with E-state index in [1.54, 1.807) is 12.3 Å². The molecule has 0 atom stereocenters. The molecule has 0 aliphatic rings. The summed E-state index contributed by atoms with van der Waals surface area (Å²) >= 11 is 0. The van der Waals surface area contributed by atoms with Crippen molar-refractivity contribution in [3.05, 3.63) is 65.6 Å². The Kier molecular flexibility index (Phi) is 3.74. The van der Waals surface area contributed by atoms with Gasteiger partial charge in [0.15, 0.2) is 0 Å². The maximum absolute atomic E-state index is 12.6. The molecule has 0 amide bonds. The van der Waals surface area contributed by atoms with E-state index in [1.165, 1.54) is 22.1 Å². The van der Waals surface area contributed by atoms with Crippen LogP contribution in [0.2, 0.25) is 0 Å². The number of anilines is 1. The first kappa shape index (κ1) is 14.1. The van der Waals surface area contributed by atoms with Crippen LogP contribution in [0.15, 0.2) is 60.0 Å². The Bertz CT molecular complexity index is 803. The summed E-state index contributed by atoms with van der Waals surface area (Å²) in [5.74, 6) is 0. The highest BCUT2D eigenvalue weighted by molar-refractivity contribution is 5.65. The average Bonchev–Trinajstić information content (AvgIpc) is 3.02. The zero-order valence-electron chi connectivity index (χ0n) is 12.5. The van der Waals surface area contributed by atoms with Gasteiger partial charge in [0.1, 0.15) is 12.7 Å². The molecular weight excluding hydrogens is 278 g/mol. The maximum Gasteiger partial charge on any atom is 0.278 e. The predicted octanol–water partition coefficient (Wildman–Crippen LogP) is 2.24. The van der Waals surface area contributed by atoms with E-state index in [0.717, 1.165) is 11.3 Å². The van der Waals surface area contributed by atoms with E-state index in [0.29, 0.717) is 11.6 Å². The molecule has 3 rings (SSSR count). The SMILES string of the molecule is CC(C)Nc1ccc(-c2cccn(-n3cncn3)c2=O)cc1. The molecule has 0 radical (unpaired) electrons. The maximum atomic E-state index is 12.6. The molecular formula is C16H17N5O. The van der Waals surface area contributed by atoms with Crippen molar-refractivity contribution in [2.45, 2.75) is 19.9 Å². The zero-order valence-corrected chi connectivity index (χ0v) is 12.5. The predicted molar refractivity (Wildman–Crippen MR) is 85.7 cm³/mol. The summed E-state index contributed by atoms with van der Waals surface area (Å²) in [6.45, 7) is 4.17. The molecule has 6 heteroatoms. The normalized spacial score (nSPS) is 10.9. The lowest BCUT2D eigenvalue weighted by Gasteiger charge is -2.11. The van der Waals surface area contributed by atoms with Gasteiger partial charge >= 0.3 is 0 Å². The molecule has 2 heterocycles. The van der Waals surface area contributed by atoms with Gasteiger partial charge in [-0.2, -0.15) is 4.79 Å². The summed E-state index contributed by atoms with van der Waals surface area (Å²) in [5, 5.41) is 7.31. The van der Waals surface area contributed by atoms with Crippen molar-refractivity contribution in [1.29, 1.82) is 0 Å². The topological polar surface area (TPSA) is 64.7 Å². The second-order valence-corrected chi connectivity index (χ2v) is 5.26. The van der Waals surface area contributed by atoms with Crippen molar-refractivity contribution >= 4 is 5.69 Å². The Morgan fingerprint density at radius 2 is 1.91 bits per heavy atom. The molecule has 1 aromatic carbocycles. The number of aromatic nitrogens is 4. The molecule has 0 aliphatic carbocycles. The third-order valence-corrected chi connectivity index (χ3v) is 3.21. The van der Waals surface area contributed by atoms with Crippen LogP contribution in [-0.2, 0) is 0 Å². The van der Waals surface area contributed by atoms with Crippen LogP contribution in [0.5, 0.6) is 0 Å². The Hall–Kier alpha value is -2.89. The fourth-order valence-electron chi connectivity index (χ4n) is 2.26. The van der Waals surface area contributed by atoms with Crippen LogP contribution in [0, 0.1) is 0 Å². The largest absolute Gasteiger partial charge is 0.383 e. The highest BCUT2D eigenvalue weighted by atomic mass is 16.1. The van der Waals surface area contributed by atoms with E-state index < -0.39 is 0 Å². The first-order valence-electron chi connectivity index (χ1n) is 7.09. The second kappa shape index (κ2) is 5.85. The van der Waals surface area contributed by atoms with Crippen molar-refractivity contribution in [2.75, 3.05) is 5.32 Å². The molecule has 0 saturated carbocycles. The molecule has 2 aromatic heterocycles. The summed E-state index contributed by atoms with van der Waals surface area (Å²) in [4.78, 5) is 17.9. The van der Waals surface area contributed by atoms with Gasteiger partial charge in [0, 0.05) is 23.5 Å². The number of hydrogen-bond donors (Lipinski definition) is 1. The molecule has 0 aliphatic heterocycles. The smallest absolute Gasteiger partial charge is 0.278 e. The van der Waals surface area contributed by atoms with Gasteiger partial charge in [0.05, 0.1) is 0 Å². The molecule has 1 N–H and O–H groups in total. The second-order valence-electron chi connectivity index (χ2n) is 5.26. The third-order valence-electron chi connectivity index (χ3n) is 3.21. The number of nitrogens with one attached hydrogen (secondary N) is 1. The van der Waals surface area contributed by atoms with Crippen molar-refractivity contribution in [3.63, 3.8) is 0 Å². The molecule has 112 valence electrons. The van der Waals surface area contributed by atoms with Gasteiger partial charge in [-0.1, -0.05) is 12.1 Å². The number of rotatable bonds is 4. The summed E-state index contributed by atoms with van der Waals surface area (Å²) in [6.07, 6.45) is 4.54. The van der Waals surface area contributed by atoms with Crippen molar-refractivity contribution in [2.24, 2.45) is 0 Å². The third kappa shape index (κ3) is 2.76. The molecule has 3 aromatic rings. The van der Waals surface area contributed by atoms with Gasteiger partial charge < -0.3 is 5.32 Å². The van der Waals surface area contributed by atoms with Crippen molar-refractivity contribution < 1.29 is 0 Å². The Morgan fingerprint density at radius 1 is 1.14 bits per heavy atom. The molecule has 0 saturated heterocycles. The van der Waals surface area contributed by atoms with E-state index >= 15 is 0 Å². The van der Waals surface area contributed by atoms with Gasteiger partial charge in [-0.05, 0) is 43.7 Å². The first-order chi connectivity index (χ1) is 10.6. The number of nitrogens with zero attached hydrogens (tertiary/aromatic N) is 4. The van der Waals surface area contributed by atoms with Crippen LogP contribution in [0.3, 0.4) is 0 Å². The highest BCUT2D eigenvalue weighted by Crippen LogP contribution is 2.18. The minimum absolute atomic E-state index is 0.141. The molecule has 0 spiro atoms. The summed E-state index contributed by atoms with van der Waals surface area (Å²) in [5.41, 5.74) is 2.38. The first-order valence-corrected chi connectivity index (χ1v) is 7.09. The van der Waals surface area contributed by atoms with E-state index in [-0.39, 0.29) is 5.56 Å².